The number of halogens is 3. The van der Waals surface area contributed by atoms with Crippen molar-refractivity contribution in [2.45, 2.75) is 12.9 Å². The lowest BCUT2D eigenvalue weighted by Crippen LogP contribution is -2.16. The van der Waals surface area contributed by atoms with E-state index in [0.29, 0.717) is 13.2 Å². The second-order valence-corrected chi connectivity index (χ2v) is 5.08. The molecule has 0 spiro atoms. The molecule has 0 bridgehead atoms. The van der Waals surface area contributed by atoms with Gasteiger partial charge >= 0.3 is 6.36 Å². The zero-order valence-electron chi connectivity index (χ0n) is 12.7. The number of benzene rings is 2. The van der Waals surface area contributed by atoms with Gasteiger partial charge in [0.2, 0.25) is 0 Å². The van der Waals surface area contributed by atoms with E-state index in [1.54, 1.807) is 23.9 Å². The van der Waals surface area contributed by atoms with E-state index in [1.807, 2.05) is 18.2 Å². The van der Waals surface area contributed by atoms with Crippen LogP contribution in [0.5, 0.6) is 5.75 Å². The van der Waals surface area contributed by atoms with Crippen LogP contribution in [0.15, 0.2) is 42.5 Å². The normalized spacial score (nSPS) is 11.8. The molecule has 1 aromatic heterocycles. The summed E-state index contributed by atoms with van der Waals surface area (Å²) in [6.45, 7) is 1.07. The maximum Gasteiger partial charge on any atom is 0.573 e. The van der Waals surface area contributed by atoms with Crippen LogP contribution in [0.3, 0.4) is 0 Å². The van der Waals surface area contributed by atoms with Gasteiger partial charge in [0, 0.05) is 7.11 Å². The smallest absolute Gasteiger partial charge is 0.406 e. The van der Waals surface area contributed by atoms with Crippen molar-refractivity contribution in [3.63, 3.8) is 0 Å². The van der Waals surface area contributed by atoms with Crippen molar-refractivity contribution in [2.75, 3.05) is 13.7 Å². The molecule has 0 saturated carbocycles. The Balaban J connectivity index is 1.88. The summed E-state index contributed by atoms with van der Waals surface area (Å²) >= 11 is 0. The van der Waals surface area contributed by atoms with E-state index in [4.69, 9.17) is 4.74 Å². The fraction of sp³-hybridized carbons (Fsp3) is 0.250. The van der Waals surface area contributed by atoms with Crippen molar-refractivity contribution in [1.29, 1.82) is 0 Å². The molecule has 0 N–H and O–H groups in total. The summed E-state index contributed by atoms with van der Waals surface area (Å²) in [5.41, 5.74) is 3.19. The first-order valence-corrected chi connectivity index (χ1v) is 7.14. The maximum atomic E-state index is 12.2. The Kier molecular flexibility index (Phi) is 4.39. The number of alkyl halides is 3. The molecule has 0 radical (unpaired) electrons. The van der Waals surface area contributed by atoms with E-state index in [9.17, 15) is 13.2 Å². The Morgan fingerprint density at radius 1 is 1.04 bits per heavy atom. The fourth-order valence-electron chi connectivity index (χ4n) is 2.34. The first kappa shape index (κ1) is 16.3. The third-order valence-corrected chi connectivity index (χ3v) is 3.44. The summed E-state index contributed by atoms with van der Waals surface area (Å²) in [7, 11) is 1.61. The molecule has 0 atom stereocenters. The number of fused-ring (bicyclic) bond motifs is 1. The molecule has 3 rings (SSSR count). The first-order chi connectivity index (χ1) is 11.5. The molecule has 0 aliphatic rings. The van der Waals surface area contributed by atoms with Gasteiger partial charge in [-0.3, -0.25) is 0 Å². The summed E-state index contributed by atoms with van der Waals surface area (Å²) in [5, 5.41) is 8.14. The molecule has 8 heteroatoms. The molecular formula is C16H14F3N3O2. The second kappa shape index (κ2) is 6.48. The minimum atomic E-state index is -4.69. The summed E-state index contributed by atoms with van der Waals surface area (Å²) < 4.78 is 47.2. The lowest BCUT2D eigenvalue weighted by atomic mass is 10.1. The SMILES string of the molecule is COCCn1nnc2ccc(-c3ccc(OC(F)(F)F)cc3)cc21. The van der Waals surface area contributed by atoms with Crippen LogP contribution < -0.4 is 4.74 Å². The Morgan fingerprint density at radius 2 is 1.75 bits per heavy atom. The second-order valence-electron chi connectivity index (χ2n) is 5.08. The van der Waals surface area contributed by atoms with Gasteiger partial charge in [0.25, 0.3) is 0 Å². The van der Waals surface area contributed by atoms with Crippen LogP contribution in [0.2, 0.25) is 0 Å². The van der Waals surface area contributed by atoms with Gasteiger partial charge in [0.05, 0.1) is 18.7 Å². The van der Waals surface area contributed by atoms with E-state index in [0.717, 1.165) is 22.2 Å². The average molecular weight is 337 g/mol. The highest BCUT2D eigenvalue weighted by molar-refractivity contribution is 5.81. The zero-order chi connectivity index (χ0) is 17.2. The summed E-state index contributed by atoms with van der Waals surface area (Å²) in [4.78, 5) is 0. The molecule has 0 saturated heterocycles. The quantitative estimate of drug-likeness (QED) is 0.713. The molecule has 2 aromatic carbocycles. The molecular weight excluding hydrogens is 323 g/mol. The van der Waals surface area contributed by atoms with Gasteiger partial charge in [-0.1, -0.05) is 23.4 Å². The highest BCUT2D eigenvalue weighted by Crippen LogP contribution is 2.28. The van der Waals surface area contributed by atoms with Crippen molar-refractivity contribution in [2.24, 2.45) is 0 Å². The number of ether oxygens (including phenoxy) is 2. The number of methoxy groups -OCH3 is 1. The van der Waals surface area contributed by atoms with Gasteiger partial charge in [-0.25, -0.2) is 4.68 Å². The molecule has 0 fully saturated rings. The lowest BCUT2D eigenvalue weighted by molar-refractivity contribution is -0.274. The summed E-state index contributed by atoms with van der Waals surface area (Å²) in [6.07, 6.45) is -4.69. The lowest BCUT2D eigenvalue weighted by Gasteiger charge is -2.09. The summed E-state index contributed by atoms with van der Waals surface area (Å²) in [5.74, 6) is -0.251. The fourth-order valence-corrected chi connectivity index (χ4v) is 2.34. The van der Waals surface area contributed by atoms with Crippen LogP contribution in [0.25, 0.3) is 22.2 Å². The standard InChI is InChI=1S/C16H14F3N3O2/c1-23-9-8-22-15-10-12(4-7-14(15)20-21-22)11-2-5-13(6-3-11)24-16(17,18)19/h2-7,10H,8-9H2,1H3. The van der Waals surface area contributed by atoms with Crippen LogP contribution in [0, 0.1) is 0 Å². The van der Waals surface area contributed by atoms with Crippen LogP contribution in [-0.2, 0) is 11.3 Å². The Labute approximate surface area is 135 Å². The van der Waals surface area contributed by atoms with Crippen molar-refractivity contribution in [3.8, 4) is 16.9 Å². The monoisotopic (exact) mass is 337 g/mol. The Morgan fingerprint density at radius 3 is 2.42 bits per heavy atom. The molecule has 5 nitrogen and oxygen atoms in total. The number of hydrogen-bond acceptors (Lipinski definition) is 4. The molecule has 1 heterocycles. The zero-order valence-corrected chi connectivity index (χ0v) is 12.7. The molecule has 3 aromatic rings. The highest BCUT2D eigenvalue weighted by Gasteiger charge is 2.30. The average Bonchev–Trinajstić information content (AvgIpc) is 2.94. The number of aromatic nitrogens is 3. The van der Waals surface area contributed by atoms with Crippen LogP contribution in [0.1, 0.15) is 0 Å². The maximum absolute atomic E-state index is 12.2. The number of nitrogens with zero attached hydrogens (tertiary/aromatic N) is 3. The summed E-state index contributed by atoms with van der Waals surface area (Å²) in [6, 6.07) is 11.3. The molecule has 0 amide bonds. The van der Waals surface area contributed by atoms with Crippen molar-refractivity contribution in [3.05, 3.63) is 42.5 Å². The third-order valence-electron chi connectivity index (χ3n) is 3.44. The van der Waals surface area contributed by atoms with Crippen molar-refractivity contribution < 1.29 is 22.6 Å². The molecule has 126 valence electrons. The number of hydrogen-bond donors (Lipinski definition) is 0. The van der Waals surface area contributed by atoms with Crippen molar-refractivity contribution in [1.82, 2.24) is 15.0 Å². The van der Waals surface area contributed by atoms with Crippen LogP contribution in [-0.4, -0.2) is 35.1 Å². The van der Waals surface area contributed by atoms with Crippen LogP contribution >= 0.6 is 0 Å². The van der Waals surface area contributed by atoms with Gasteiger partial charge in [-0.15, -0.1) is 18.3 Å². The topological polar surface area (TPSA) is 49.2 Å². The van der Waals surface area contributed by atoms with Gasteiger partial charge in [-0.05, 0) is 35.4 Å². The largest absolute Gasteiger partial charge is 0.573 e. The van der Waals surface area contributed by atoms with Gasteiger partial charge in [0.15, 0.2) is 0 Å². The predicted molar refractivity (Wildman–Crippen MR) is 81.5 cm³/mol. The molecule has 0 unspecified atom stereocenters. The van der Waals surface area contributed by atoms with E-state index in [2.05, 4.69) is 15.0 Å². The molecule has 0 aliphatic heterocycles. The Hall–Kier alpha value is -2.61. The Bertz CT molecular complexity index is 829. The van der Waals surface area contributed by atoms with E-state index in [1.165, 1.54) is 12.1 Å². The van der Waals surface area contributed by atoms with E-state index in [-0.39, 0.29) is 5.75 Å². The highest BCUT2D eigenvalue weighted by atomic mass is 19.4. The first-order valence-electron chi connectivity index (χ1n) is 7.14. The minimum absolute atomic E-state index is 0.251. The van der Waals surface area contributed by atoms with Gasteiger partial charge in [0.1, 0.15) is 11.3 Å². The minimum Gasteiger partial charge on any atom is -0.406 e. The van der Waals surface area contributed by atoms with Crippen molar-refractivity contribution >= 4 is 11.0 Å². The van der Waals surface area contributed by atoms with Gasteiger partial charge in [-0.2, -0.15) is 0 Å². The molecule has 0 aliphatic carbocycles. The third kappa shape index (κ3) is 3.65. The predicted octanol–water partition coefficient (Wildman–Crippen LogP) is 3.64. The van der Waals surface area contributed by atoms with Crippen LogP contribution in [0.4, 0.5) is 13.2 Å². The number of rotatable bonds is 5. The van der Waals surface area contributed by atoms with Gasteiger partial charge < -0.3 is 9.47 Å². The van der Waals surface area contributed by atoms with E-state index >= 15 is 0 Å². The molecule has 24 heavy (non-hydrogen) atoms. The van der Waals surface area contributed by atoms with E-state index < -0.39 is 6.36 Å².